The van der Waals surface area contributed by atoms with Crippen LogP contribution in [0.1, 0.15) is 32.3 Å². The second kappa shape index (κ2) is 7.04. The number of ether oxygens (including phenoxy) is 1. The van der Waals surface area contributed by atoms with E-state index in [1.165, 1.54) is 12.7 Å². The Hall–Kier alpha value is -1.51. The maximum Gasteiger partial charge on any atom is 0.328 e. The van der Waals surface area contributed by atoms with Gasteiger partial charge >= 0.3 is 5.97 Å². The van der Waals surface area contributed by atoms with Gasteiger partial charge in [-0.25, -0.2) is 4.79 Å². The molecule has 1 aromatic carbocycles. The average molecular weight is 249 g/mol. The molecule has 0 heterocycles. The highest BCUT2D eigenvalue weighted by atomic mass is 16.5. The molecule has 2 unspecified atom stereocenters. The van der Waals surface area contributed by atoms with E-state index in [4.69, 9.17) is 4.74 Å². The Morgan fingerprint density at radius 1 is 1.33 bits per heavy atom. The third kappa shape index (κ3) is 4.06. The quantitative estimate of drug-likeness (QED) is 0.785. The van der Waals surface area contributed by atoms with Gasteiger partial charge in [0.05, 0.1) is 7.11 Å². The average Bonchev–Trinajstić information content (AvgIpc) is 2.37. The third-order valence-corrected chi connectivity index (χ3v) is 3.14. The van der Waals surface area contributed by atoms with Crippen LogP contribution in [0.3, 0.4) is 0 Å². The fourth-order valence-electron chi connectivity index (χ4n) is 2.01. The zero-order valence-electron chi connectivity index (χ0n) is 11.7. The third-order valence-electron chi connectivity index (χ3n) is 3.14. The summed E-state index contributed by atoms with van der Waals surface area (Å²) >= 11 is 0. The molecule has 0 fully saturated rings. The van der Waals surface area contributed by atoms with E-state index in [0.29, 0.717) is 0 Å². The molecule has 0 aliphatic rings. The molecule has 0 spiro atoms. The van der Waals surface area contributed by atoms with Crippen LogP contribution in [-0.2, 0) is 9.53 Å². The van der Waals surface area contributed by atoms with E-state index in [0.717, 1.165) is 18.5 Å². The molecular weight excluding hydrogens is 226 g/mol. The Morgan fingerprint density at radius 3 is 2.44 bits per heavy atom. The van der Waals surface area contributed by atoms with Gasteiger partial charge in [0.2, 0.25) is 0 Å². The van der Waals surface area contributed by atoms with Crippen LogP contribution < -0.4 is 5.32 Å². The lowest BCUT2D eigenvalue weighted by Gasteiger charge is -2.23. The van der Waals surface area contributed by atoms with Crippen molar-refractivity contribution in [1.29, 1.82) is 0 Å². The van der Waals surface area contributed by atoms with Crippen molar-refractivity contribution < 1.29 is 9.53 Å². The van der Waals surface area contributed by atoms with E-state index in [2.05, 4.69) is 19.2 Å². The number of aryl methyl sites for hydroxylation is 1. The maximum absolute atomic E-state index is 11.8. The van der Waals surface area contributed by atoms with Crippen molar-refractivity contribution in [3.63, 3.8) is 0 Å². The molecule has 2 atom stereocenters. The molecule has 100 valence electrons. The Morgan fingerprint density at radius 2 is 1.94 bits per heavy atom. The Labute approximate surface area is 110 Å². The zero-order valence-corrected chi connectivity index (χ0v) is 11.7. The molecular formula is C15H23NO2. The van der Waals surface area contributed by atoms with Gasteiger partial charge in [0.15, 0.2) is 0 Å². The lowest BCUT2D eigenvalue weighted by Crippen LogP contribution is -2.36. The Balaban J connectivity index is 2.77. The molecule has 1 N–H and O–H groups in total. The van der Waals surface area contributed by atoms with Crippen molar-refractivity contribution in [2.45, 2.75) is 39.7 Å². The minimum Gasteiger partial charge on any atom is -0.467 e. The van der Waals surface area contributed by atoms with E-state index >= 15 is 0 Å². The highest BCUT2D eigenvalue weighted by molar-refractivity contribution is 5.79. The van der Waals surface area contributed by atoms with E-state index in [-0.39, 0.29) is 17.9 Å². The van der Waals surface area contributed by atoms with Crippen molar-refractivity contribution in [2.24, 2.45) is 5.92 Å². The summed E-state index contributed by atoms with van der Waals surface area (Å²) in [6, 6.07) is 7.76. The molecule has 1 aromatic rings. The summed E-state index contributed by atoms with van der Waals surface area (Å²) in [6.45, 7) is 6.24. The summed E-state index contributed by atoms with van der Waals surface area (Å²) in [5.41, 5.74) is 2.16. The number of carbonyl (C=O) groups excluding carboxylic acids is 1. The normalized spacial score (nSPS) is 13.8. The van der Waals surface area contributed by atoms with Gasteiger partial charge in [-0.1, -0.05) is 38.0 Å². The predicted octanol–water partition coefficient (Wildman–Crippen LogP) is 3.38. The monoisotopic (exact) mass is 249 g/mol. The van der Waals surface area contributed by atoms with Crippen molar-refractivity contribution in [3.8, 4) is 0 Å². The number of anilines is 1. The lowest BCUT2D eigenvalue weighted by molar-refractivity contribution is -0.142. The minimum absolute atomic E-state index is 0.198. The molecule has 0 aromatic heterocycles. The molecule has 0 aliphatic heterocycles. The summed E-state index contributed by atoms with van der Waals surface area (Å²) in [6.07, 6.45) is 2.06. The molecule has 1 rings (SSSR count). The van der Waals surface area contributed by atoms with E-state index in [9.17, 15) is 4.79 Å². The first kappa shape index (κ1) is 14.6. The molecule has 0 saturated carbocycles. The van der Waals surface area contributed by atoms with Crippen molar-refractivity contribution in [3.05, 3.63) is 29.8 Å². The smallest absolute Gasteiger partial charge is 0.328 e. The van der Waals surface area contributed by atoms with Gasteiger partial charge in [-0.2, -0.15) is 0 Å². The Bertz CT molecular complexity index is 373. The van der Waals surface area contributed by atoms with Crippen LogP contribution in [0, 0.1) is 12.8 Å². The van der Waals surface area contributed by atoms with Crippen LogP contribution >= 0.6 is 0 Å². The maximum atomic E-state index is 11.8. The highest BCUT2D eigenvalue weighted by Gasteiger charge is 2.25. The van der Waals surface area contributed by atoms with E-state index in [1.54, 1.807) is 0 Å². The van der Waals surface area contributed by atoms with E-state index < -0.39 is 0 Å². The molecule has 18 heavy (non-hydrogen) atoms. The van der Waals surface area contributed by atoms with Gasteiger partial charge in [-0.05, 0) is 31.4 Å². The number of rotatable bonds is 6. The largest absolute Gasteiger partial charge is 0.467 e. The van der Waals surface area contributed by atoms with Crippen LogP contribution in [-0.4, -0.2) is 19.1 Å². The minimum atomic E-state index is -0.280. The van der Waals surface area contributed by atoms with Gasteiger partial charge in [-0.15, -0.1) is 0 Å². The first-order valence-electron chi connectivity index (χ1n) is 6.49. The number of hydrogen-bond acceptors (Lipinski definition) is 3. The van der Waals surface area contributed by atoms with Crippen LogP contribution in [0.25, 0.3) is 0 Å². The first-order chi connectivity index (χ1) is 8.58. The van der Waals surface area contributed by atoms with Gasteiger partial charge < -0.3 is 10.1 Å². The highest BCUT2D eigenvalue weighted by Crippen LogP contribution is 2.18. The number of nitrogens with one attached hydrogen (secondary N) is 1. The number of hydrogen-bond donors (Lipinski definition) is 1. The Kier molecular flexibility index (Phi) is 5.69. The number of esters is 1. The standard InChI is InChI=1S/C15H23NO2/c1-5-6-12(3)14(15(17)18-4)16-13-9-7-11(2)8-10-13/h7-10,12,14,16H,5-6H2,1-4H3. The van der Waals surface area contributed by atoms with Crippen molar-refractivity contribution in [2.75, 3.05) is 12.4 Å². The summed E-state index contributed by atoms with van der Waals surface area (Å²) < 4.78 is 4.87. The van der Waals surface area contributed by atoms with Crippen LogP contribution in [0.2, 0.25) is 0 Å². The summed E-state index contributed by atoms with van der Waals surface area (Å²) in [5.74, 6) is 0.0558. The summed E-state index contributed by atoms with van der Waals surface area (Å²) in [5, 5.41) is 3.27. The molecule has 3 heteroatoms. The number of methoxy groups -OCH3 is 1. The van der Waals surface area contributed by atoms with Crippen LogP contribution in [0.4, 0.5) is 5.69 Å². The molecule has 0 saturated heterocycles. The fourth-order valence-corrected chi connectivity index (χ4v) is 2.01. The topological polar surface area (TPSA) is 38.3 Å². The number of benzene rings is 1. The second-order valence-electron chi connectivity index (χ2n) is 4.78. The van der Waals surface area contributed by atoms with Crippen LogP contribution in [0.5, 0.6) is 0 Å². The first-order valence-corrected chi connectivity index (χ1v) is 6.49. The van der Waals surface area contributed by atoms with Gasteiger partial charge in [0.1, 0.15) is 6.04 Å². The fraction of sp³-hybridized carbons (Fsp3) is 0.533. The molecule has 0 bridgehead atoms. The van der Waals surface area contributed by atoms with Gasteiger partial charge in [0.25, 0.3) is 0 Å². The molecule has 0 aliphatic carbocycles. The molecule has 0 amide bonds. The molecule has 3 nitrogen and oxygen atoms in total. The second-order valence-corrected chi connectivity index (χ2v) is 4.78. The van der Waals surface area contributed by atoms with Crippen molar-refractivity contribution >= 4 is 11.7 Å². The summed E-state index contributed by atoms with van der Waals surface area (Å²) in [4.78, 5) is 11.8. The SMILES string of the molecule is CCCC(C)C(Nc1ccc(C)cc1)C(=O)OC. The van der Waals surface area contributed by atoms with Gasteiger partial charge in [0, 0.05) is 5.69 Å². The number of carbonyl (C=O) groups is 1. The predicted molar refractivity (Wildman–Crippen MR) is 74.7 cm³/mol. The zero-order chi connectivity index (χ0) is 13.5. The van der Waals surface area contributed by atoms with E-state index in [1.807, 2.05) is 31.2 Å². The van der Waals surface area contributed by atoms with Crippen LogP contribution in [0.15, 0.2) is 24.3 Å². The van der Waals surface area contributed by atoms with Gasteiger partial charge in [-0.3, -0.25) is 0 Å². The summed E-state index contributed by atoms with van der Waals surface area (Å²) in [7, 11) is 1.44. The lowest BCUT2D eigenvalue weighted by atomic mass is 9.96. The molecule has 0 radical (unpaired) electrons. The van der Waals surface area contributed by atoms with Crippen molar-refractivity contribution in [1.82, 2.24) is 0 Å².